The number of nitrogens with one attached hydrogen (secondary N) is 2. The topological polar surface area (TPSA) is 104 Å². The molecule has 1 saturated heterocycles. The predicted octanol–water partition coefficient (Wildman–Crippen LogP) is 4.17. The van der Waals surface area contributed by atoms with E-state index < -0.39 is 10.2 Å². The minimum atomic E-state index is -3.53. The van der Waals surface area contributed by atoms with Crippen LogP contribution in [0.4, 0.5) is 11.4 Å². The number of benzene rings is 2. The maximum atomic E-state index is 13.0. The number of hydrogen-bond acceptors (Lipinski definition) is 5. The van der Waals surface area contributed by atoms with E-state index in [0.29, 0.717) is 51.9 Å². The van der Waals surface area contributed by atoms with E-state index >= 15 is 0 Å². The van der Waals surface area contributed by atoms with Crippen molar-refractivity contribution in [1.29, 1.82) is 0 Å². The minimum Gasteiger partial charge on any atom is -0.322 e. The Kier molecular flexibility index (Phi) is 5.68. The summed E-state index contributed by atoms with van der Waals surface area (Å²) in [6.45, 7) is 2.47. The SMILES string of the molecule is Cc1cc(N2CCNS2(=O)=O)ccc1C(=O)Nc1ccc(Cl)c(-c2ccc3cnccc3n2)c1. The standard InChI is InChI=1S/C24H20ClN5O3S/c1-15-12-18(30-11-10-27-34(30,32)33)4-5-19(15)24(31)28-17-3-6-21(25)20(13-17)23-7-2-16-14-26-9-8-22(16)29-23/h2-9,12-14,27H,10-11H2,1H3,(H,28,31). The Morgan fingerprint density at radius 2 is 1.97 bits per heavy atom. The predicted molar refractivity (Wildman–Crippen MR) is 133 cm³/mol. The van der Waals surface area contributed by atoms with Crippen LogP contribution in [0.2, 0.25) is 5.02 Å². The number of pyridine rings is 2. The number of carbonyl (C=O) groups is 1. The highest BCUT2D eigenvalue weighted by Gasteiger charge is 2.28. The van der Waals surface area contributed by atoms with Crippen LogP contribution in [0.5, 0.6) is 0 Å². The molecule has 5 rings (SSSR count). The van der Waals surface area contributed by atoms with Gasteiger partial charge in [-0.3, -0.25) is 14.1 Å². The van der Waals surface area contributed by atoms with Crippen LogP contribution in [0.15, 0.2) is 67.0 Å². The summed E-state index contributed by atoms with van der Waals surface area (Å²) in [7, 11) is -3.53. The molecule has 0 unspecified atom stereocenters. The van der Waals surface area contributed by atoms with E-state index in [9.17, 15) is 13.2 Å². The van der Waals surface area contributed by atoms with Gasteiger partial charge in [0.2, 0.25) is 0 Å². The first-order valence-electron chi connectivity index (χ1n) is 10.5. The Bertz CT molecular complexity index is 1540. The molecule has 0 atom stereocenters. The largest absolute Gasteiger partial charge is 0.322 e. The molecule has 10 heteroatoms. The van der Waals surface area contributed by atoms with Crippen molar-refractivity contribution in [3.63, 3.8) is 0 Å². The molecule has 0 aliphatic carbocycles. The fraction of sp³-hybridized carbons (Fsp3) is 0.125. The van der Waals surface area contributed by atoms with Gasteiger partial charge in [-0.05, 0) is 67.1 Å². The smallest absolute Gasteiger partial charge is 0.301 e. The first-order chi connectivity index (χ1) is 16.3. The van der Waals surface area contributed by atoms with E-state index in [1.54, 1.807) is 55.7 Å². The van der Waals surface area contributed by atoms with Crippen molar-refractivity contribution in [3.8, 4) is 11.3 Å². The maximum Gasteiger partial charge on any atom is 0.301 e. The molecule has 172 valence electrons. The third-order valence-electron chi connectivity index (χ3n) is 5.62. The van der Waals surface area contributed by atoms with Gasteiger partial charge in [-0.25, -0.2) is 4.98 Å². The molecule has 3 heterocycles. The summed E-state index contributed by atoms with van der Waals surface area (Å²) in [6, 6.07) is 15.8. The van der Waals surface area contributed by atoms with Crippen molar-refractivity contribution >= 4 is 50.0 Å². The molecule has 2 N–H and O–H groups in total. The molecule has 1 fully saturated rings. The molecule has 34 heavy (non-hydrogen) atoms. The van der Waals surface area contributed by atoms with Crippen molar-refractivity contribution in [3.05, 3.63) is 83.1 Å². The third kappa shape index (κ3) is 4.21. The van der Waals surface area contributed by atoms with Gasteiger partial charge in [0.05, 0.1) is 21.9 Å². The van der Waals surface area contributed by atoms with E-state index in [0.717, 1.165) is 10.9 Å². The van der Waals surface area contributed by atoms with Crippen LogP contribution in [-0.2, 0) is 10.2 Å². The lowest BCUT2D eigenvalue weighted by molar-refractivity contribution is 0.102. The molecular formula is C24H20ClN5O3S. The highest BCUT2D eigenvalue weighted by Crippen LogP contribution is 2.31. The van der Waals surface area contributed by atoms with Crippen LogP contribution in [0.1, 0.15) is 15.9 Å². The van der Waals surface area contributed by atoms with Crippen molar-refractivity contribution in [2.75, 3.05) is 22.7 Å². The summed E-state index contributed by atoms with van der Waals surface area (Å²) >= 11 is 6.44. The van der Waals surface area contributed by atoms with Crippen molar-refractivity contribution in [2.45, 2.75) is 6.92 Å². The van der Waals surface area contributed by atoms with Gasteiger partial charge in [0.15, 0.2) is 0 Å². The molecule has 0 bridgehead atoms. The van der Waals surface area contributed by atoms with Crippen LogP contribution in [0.25, 0.3) is 22.2 Å². The molecular weight excluding hydrogens is 474 g/mol. The summed E-state index contributed by atoms with van der Waals surface area (Å²) in [5.74, 6) is -0.308. The van der Waals surface area contributed by atoms with Crippen LogP contribution in [0.3, 0.4) is 0 Å². The van der Waals surface area contributed by atoms with E-state index in [1.165, 1.54) is 4.31 Å². The van der Waals surface area contributed by atoms with Gasteiger partial charge in [-0.15, -0.1) is 0 Å². The van der Waals surface area contributed by atoms with Crippen molar-refractivity contribution in [2.24, 2.45) is 0 Å². The van der Waals surface area contributed by atoms with Crippen molar-refractivity contribution in [1.82, 2.24) is 14.7 Å². The molecule has 1 aliphatic heterocycles. The second-order valence-corrected chi connectivity index (χ2v) is 9.97. The summed E-state index contributed by atoms with van der Waals surface area (Å²) in [4.78, 5) is 21.8. The van der Waals surface area contributed by atoms with E-state index in [2.05, 4.69) is 20.0 Å². The van der Waals surface area contributed by atoms with Gasteiger partial charge in [-0.1, -0.05) is 11.6 Å². The zero-order chi connectivity index (χ0) is 23.9. The summed E-state index contributed by atoms with van der Waals surface area (Å²) in [6.07, 6.45) is 3.42. The Morgan fingerprint density at radius 1 is 1.12 bits per heavy atom. The Hall–Kier alpha value is -3.53. The molecule has 1 aliphatic rings. The highest BCUT2D eigenvalue weighted by molar-refractivity contribution is 7.91. The summed E-state index contributed by atoms with van der Waals surface area (Å²) in [5, 5.41) is 4.33. The molecule has 8 nitrogen and oxygen atoms in total. The van der Waals surface area contributed by atoms with E-state index in [1.807, 2.05) is 18.2 Å². The molecule has 0 spiro atoms. The number of anilines is 2. The van der Waals surface area contributed by atoms with Gasteiger partial charge in [0.25, 0.3) is 5.91 Å². The van der Waals surface area contributed by atoms with E-state index in [-0.39, 0.29) is 5.91 Å². The normalized spacial score (nSPS) is 14.9. The first kappa shape index (κ1) is 22.3. The molecule has 0 saturated carbocycles. The number of nitrogens with zero attached hydrogens (tertiary/aromatic N) is 3. The lowest BCUT2D eigenvalue weighted by Gasteiger charge is -2.17. The molecule has 2 aromatic heterocycles. The third-order valence-corrected chi connectivity index (χ3v) is 7.49. The first-order valence-corrected chi connectivity index (χ1v) is 12.3. The van der Waals surface area contributed by atoms with Crippen LogP contribution >= 0.6 is 11.6 Å². The second-order valence-electron chi connectivity index (χ2n) is 7.88. The summed E-state index contributed by atoms with van der Waals surface area (Å²) < 4.78 is 28.0. The lowest BCUT2D eigenvalue weighted by atomic mass is 10.1. The molecule has 1 amide bonds. The second kappa shape index (κ2) is 8.68. The zero-order valence-electron chi connectivity index (χ0n) is 18.1. The fourth-order valence-electron chi connectivity index (χ4n) is 3.91. The lowest BCUT2D eigenvalue weighted by Crippen LogP contribution is -2.29. The van der Waals surface area contributed by atoms with Crippen molar-refractivity contribution < 1.29 is 13.2 Å². The number of halogens is 1. The summed E-state index contributed by atoms with van der Waals surface area (Å²) in [5.41, 5.74) is 4.36. The average molecular weight is 494 g/mol. The van der Waals surface area contributed by atoms with Gasteiger partial charge >= 0.3 is 10.2 Å². The van der Waals surface area contributed by atoms with Gasteiger partial charge in [0.1, 0.15) is 0 Å². The van der Waals surface area contributed by atoms with E-state index in [4.69, 9.17) is 11.6 Å². The fourth-order valence-corrected chi connectivity index (χ4v) is 5.36. The monoisotopic (exact) mass is 493 g/mol. The Labute approximate surface area is 201 Å². The quantitative estimate of drug-likeness (QED) is 0.444. The number of aryl methyl sites for hydroxylation is 1. The Morgan fingerprint density at radius 3 is 2.74 bits per heavy atom. The number of carbonyl (C=O) groups excluding carboxylic acids is 1. The van der Waals surface area contributed by atoms with Gasteiger partial charge < -0.3 is 5.32 Å². The number of aromatic nitrogens is 2. The molecule has 0 radical (unpaired) electrons. The molecule has 2 aromatic carbocycles. The van der Waals surface area contributed by atoms with Gasteiger partial charge in [-0.2, -0.15) is 13.1 Å². The highest BCUT2D eigenvalue weighted by atomic mass is 35.5. The number of hydrogen-bond donors (Lipinski definition) is 2. The number of amides is 1. The zero-order valence-corrected chi connectivity index (χ0v) is 19.7. The van der Waals surface area contributed by atoms with Gasteiger partial charge in [0, 0.05) is 47.7 Å². The Balaban J connectivity index is 1.41. The van der Waals surface area contributed by atoms with Crippen LogP contribution in [-0.4, -0.2) is 37.4 Å². The van der Waals surface area contributed by atoms with Crippen LogP contribution < -0.4 is 14.3 Å². The molecule has 4 aromatic rings. The number of rotatable bonds is 4. The maximum absolute atomic E-state index is 13.0. The average Bonchev–Trinajstić information content (AvgIpc) is 3.18. The minimum absolute atomic E-state index is 0.308. The number of fused-ring (bicyclic) bond motifs is 1. The van der Waals surface area contributed by atoms with Crippen LogP contribution in [0, 0.1) is 6.92 Å².